The van der Waals surface area contributed by atoms with Crippen molar-refractivity contribution in [3.8, 4) is 17.7 Å². The number of likely N-dealkylation sites (tertiary alicyclic amines) is 1. The summed E-state index contributed by atoms with van der Waals surface area (Å²) >= 11 is 0. The molecule has 0 unspecified atom stereocenters. The largest absolute Gasteiger partial charge is 0.484 e. The first-order chi connectivity index (χ1) is 22.9. The van der Waals surface area contributed by atoms with E-state index in [1.54, 1.807) is 30.3 Å². The Bertz CT molecular complexity index is 1950. The minimum absolute atomic E-state index is 0.0143. The molecular weight excluding hydrogens is 601 g/mol. The molecule has 1 aliphatic carbocycles. The molecule has 0 atom stereocenters. The highest BCUT2D eigenvalue weighted by atomic mass is 19.1. The number of hydrogen-bond donors (Lipinski definition) is 1. The molecular formula is C35H34FN7O4. The van der Waals surface area contributed by atoms with Crippen molar-refractivity contribution in [1.29, 1.82) is 5.26 Å². The van der Waals surface area contributed by atoms with Crippen molar-refractivity contribution in [2.75, 3.05) is 13.1 Å². The summed E-state index contributed by atoms with van der Waals surface area (Å²) in [7, 11) is 0. The molecule has 0 amide bonds. The highest BCUT2D eigenvalue weighted by Gasteiger charge is 2.25. The standard InChI is InChI=1S/C35H34FN7O4/c36-29-14-24(16-37)6-9-32(29)46-21-26-2-1-3-34(39-26)47-28-10-12-41(13-11-28)20-33-40-30-8-7-25(35(44)45)15-31(30)43(33)19-27-17-38-22-42(27)18-23-4-5-23/h1-3,6-9,14-15,17,22-23,28H,4-5,10-13,18-21H2,(H,44,45). The number of piperidine rings is 1. The maximum Gasteiger partial charge on any atom is 0.335 e. The first-order valence-corrected chi connectivity index (χ1v) is 15.8. The lowest BCUT2D eigenvalue weighted by molar-refractivity contribution is 0.0697. The van der Waals surface area contributed by atoms with Gasteiger partial charge in [0.2, 0.25) is 5.88 Å². The molecule has 12 heteroatoms. The van der Waals surface area contributed by atoms with E-state index in [1.807, 2.05) is 24.7 Å². The molecule has 2 fully saturated rings. The van der Waals surface area contributed by atoms with E-state index in [1.165, 1.54) is 25.0 Å². The molecule has 1 aliphatic heterocycles. The number of carboxylic acid groups (broad SMARTS) is 1. The molecule has 240 valence electrons. The number of carboxylic acids is 1. The number of pyridine rings is 1. The molecule has 2 aromatic carbocycles. The van der Waals surface area contributed by atoms with Crippen molar-refractivity contribution in [3.63, 3.8) is 0 Å². The molecule has 1 N–H and O–H groups in total. The van der Waals surface area contributed by atoms with Gasteiger partial charge in [-0.3, -0.25) is 4.90 Å². The van der Waals surface area contributed by atoms with E-state index in [0.29, 0.717) is 30.6 Å². The number of imidazole rings is 2. The second-order valence-electron chi connectivity index (χ2n) is 12.2. The third kappa shape index (κ3) is 7.10. The summed E-state index contributed by atoms with van der Waals surface area (Å²) in [5, 5.41) is 18.6. The van der Waals surface area contributed by atoms with Gasteiger partial charge in [-0.2, -0.15) is 5.26 Å². The monoisotopic (exact) mass is 635 g/mol. The Balaban J connectivity index is 0.997. The Morgan fingerprint density at radius 2 is 1.89 bits per heavy atom. The number of rotatable bonds is 12. The topological polar surface area (TPSA) is 131 Å². The Morgan fingerprint density at radius 1 is 1.04 bits per heavy atom. The second kappa shape index (κ2) is 13.2. The van der Waals surface area contributed by atoms with Crippen molar-refractivity contribution in [2.45, 2.75) is 58.0 Å². The van der Waals surface area contributed by atoms with Crippen LogP contribution in [-0.4, -0.2) is 59.3 Å². The van der Waals surface area contributed by atoms with Crippen molar-refractivity contribution >= 4 is 17.0 Å². The van der Waals surface area contributed by atoms with E-state index in [0.717, 1.165) is 61.1 Å². The number of carbonyl (C=O) groups is 1. The minimum atomic E-state index is -0.963. The number of nitriles is 1. The van der Waals surface area contributed by atoms with Gasteiger partial charge in [0.05, 0.1) is 59.0 Å². The number of nitrogens with zero attached hydrogens (tertiary/aromatic N) is 7. The molecule has 1 saturated carbocycles. The summed E-state index contributed by atoms with van der Waals surface area (Å²) in [6.45, 7) is 3.80. The third-order valence-electron chi connectivity index (χ3n) is 8.75. The van der Waals surface area contributed by atoms with Crippen LogP contribution in [0.25, 0.3) is 11.0 Å². The predicted molar refractivity (Wildman–Crippen MR) is 169 cm³/mol. The number of halogens is 1. The number of ether oxygens (including phenoxy) is 2. The van der Waals surface area contributed by atoms with E-state index in [9.17, 15) is 14.3 Å². The number of fused-ring (bicyclic) bond motifs is 1. The summed E-state index contributed by atoms with van der Waals surface area (Å²) in [5.41, 5.74) is 3.72. The zero-order valence-electron chi connectivity index (χ0n) is 25.8. The average Bonchev–Trinajstić information content (AvgIpc) is 3.69. The Labute approximate surface area is 270 Å². The SMILES string of the molecule is N#Cc1ccc(OCc2cccc(OC3CCN(Cc4nc5ccc(C(=O)O)cc5n4Cc4cncn4CC4CC4)CC3)n2)c(F)c1. The molecule has 1 saturated heterocycles. The molecule has 0 spiro atoms. The van der Waals surface area contributed by atoms with E-state index in [-0.39, 0.29) is 29.6 Å². The highest BCUT2D eigenvalue weighted by molar-refractivity contribution is 5.92. The van der Waals surface area contributed by atoms with Gasteiger partial charge in [-0.15, -0.1) is 0 Å². The smallest absolute Gasteiger partial charge is 0.335 e. The van der Waals surface area contributed by atoms with Crippen molar-refractivity contribution in [2.24, 2.45) is 5.92 Å². The van der Waals surface area contributed by atoms with Crippen LogP contribution in [0.5, 0.6) is 11.6 Å². The zero-order chi connectivity index (χ0) is 32.3. The van der Waals surface area contributed by atoms with E-state index in [2.05, 4.69) is 24.0 Å². The van der Waals surface area contributed by atoms with Crippen LogP contribution in [0.1, 0.15) is 58.8 Å². The second-order valence-corrected chi connectivity index (χ2v) is 12.2. The van der Waals surface area contributed by atoms with E-state index >= 15 is 0 Å². The van der Waals surface area contributed by atoms with Crippen LogP contribution >= 0.6 is 0 Å². The summed E-state index contributed by atoms with van der Waals surface area (Å²) in [5.74, 6) is 0.578. The summed E-state index contributed by atoms with van der Waals surface area (Å²) < 4.78 is 30.4. The normalized spacial score (nSPS) is 15.5. The minimum Gasteiger partial charge on any atom is -0.484 e. The summed E-state index contributed by atoms with van der Waals surface area (Å²) in [6.07, 6.45) is 7.85. The molecule has 0 radical (unpaired) electrons. The van der Waals surface area contributed by atoms with Gasteiger partial charge in [-0.1, -0.05) is 6.07 Å². The maximum atomic E-state index is 14.2. The lowest BCUT2D eigenvalue weighted by Crippen LogP contribution is -2.38. The van der Waals surface area contributed by atoms with Crippen LogP contribution in [0.4, 0.5) is 4.39 Å². The molecule has 7 rings (SSSR count). The number of aromatic carboxylic acids is 1. The van der Waals surface area contributed by atoms with Gasteiger partial charge in [0.15, 0.2) is 11.6 Å². The van der Waals surface area contributed by atoms with E-state index < -0.39 is 11.8 Å². The molecule has 4 heterocycles. The van der Waals surface area contributed by atoms with Gasteiger partial charge < -0.3 is 23.7 Å². The maximum absolute atomic E-state index is 14.2. The first-order valence-electron chi connectivity index (χ1n) is 15.8. The lowest BCUT2D eigenvalue weighted by atomic mass is 10.1. The van der Waals surface area contributed by atoms with Gasteiger partial charge >= 0.3 is 5.97 Å². The van der Waals surface area contributed by atoms with Gasteiger partial charge in [0.1, 0.15) is 18.5 Å². The first kappa shape index (κ1) is 30.4. The van der Waals surface area contributed by atoms with Crippen LogP contribution in [0.2, 0.25) is 0 Å². The number of aromatic nitrogens is 5. The lowest BCUT2D eigenvalue weighted by Gasteiger charge is -2.31. The zero-order valence-corrected chi connectivity index (χ0v) is 25.8. The van der Waals surface area contributed by atoms with Gasteiger partial charge in [-0.25, -0.2) is 24.1 Å². The average molecular weight is 636 g/mol. The molecule has 2 aliphatic rings. The van der Waals surface area contributed by atoms with Crippen LogP contribution in [-0.2, 0) is 26.2 Å². The summed E-state index contributed by atoms with van der Waals surface area (Å²) in [6, 6.07) is 16.5. The molecule has 5 aromatic rings. The van der Waals surface area contributed by atoms with Gasteiger partial charge in [0.25, 0.3) is 0 Å². The number of benzene rings is 2. The fourth-order valence-corrected chi connectivity index (χ4v) is 5.99. The van der Waals surface area contributed by atoms with Gasteiger partial charge in [0, 0.05) is 31.9 Å². The molecule has 3 aromatic heterocycles. The van der Waals surface area contributed by atoms with Crippen LogP contribution in [0.3, 0.4) is 0 Å². The van der Waals surface area contributed by atoms with Gasteiger partial charge in [-0.05, 0) is 74.1 Å². The van der Waals surface area contributed by atoms with Crippen LogP contribution < -0.4 is 9.47 Å². The molecule has 47 heavy (non-hydrogen) atoms. The highest BCUT2D eigenvalue weighted by Crippen LogP contribution is 2.31. The quantitative estimate of drug-likeness (QED) is 0.191. The fraction of sp³-hybridized carbons (Fsp3) is 0.343. The fourth-order valence-electron chi connectivity index (χ4n) is 5.99. The molecule has 0 bridgehead atoms. The predicted octanol–water partition coefficient (Wildman–Crippen LogP) is 5.42. The Kier molecular flexibility index (Phi) is 8.54. The third-order valence-corrected chi connectivity index (χ3v) is 8.75. The Morgan fingerprint density at radius 3 is 2.66 bits per heavy atom. The molecule has 11 nitrogen and oxygen atoms in total. The van der Waals surface area contributed by atoms with Crippen molar-refractivity contribution < 1.29 is 23.8 Å². The van der Waals surface area contributed by atoms with Crippen molar-refractivity contribution in [3.05, 3.63) is 101 Å². The van der Waals surface area contributed by atoms with Crippen LogP contribution in [0, 0.1) is 23.1 Å². The summed E-state index contributed by atoms with van der Waals surface area (Å²) in [4.78, 5) is 28.0. The number of hydrogen-bond acceptors (Lipinski definition) is 8. The van der Waals surface area contributed by atoms with E-state index in [4.69, 9.17) is 19.7 Å². The van der Waals surface area contributed by atoms with Crippen LogP contribution in [0.15, 0.2) is 67.1 Å². The van der Waals surface area contributed by atoms with Crippen molar-refractivity contribution in [1.82, 2.24) is 29.0 Å². The Hall–Kier alpha value is -5.28.